The average Bonchev–Trinajstić information content (AvgIpc) is 3.55. The van der Waals surface area contributed by atoms with Crippen molar-refractivity contribution in [2.75, 3.05) is 6.54 Å². The summed E-state index contributed by atoms with van der Waals surface area (Å²) < 4.78 is 54.5. The van der Waals surface area contributed by atoms with Gasteiger partial charge in [0.15, 0.2) is 5.54 Å². The molecule has 5 rings (SSSR count). The monoisotopic (exact) mass is 563 g/mol. The molecule has 0 radical (unpaired) electrons. The van der Waals surface area contributed by atoms with Gasteiger partial charge in [0, 0.05) is 24.5 Å². The minimum atomic E-state index is -5.20. The third-order valence-corrected chi connectivity index (χ3v) is 9.36. The van der Waals surface area contributed by atoms with E-state index in [2.05, 4.69) is 16.4 Å². The molecule has 3 amide bonds. The number of amides is 3. The first-order valence-electron chi connectivity index (χ1n) is 13.7. The number of aromatic nitrogens is 1. The summed E-state index contributed by atoms with van der Waals surface area (Å²) in [5, 5.41) is 15.0. The normalized spacial score (nSPS) is 33.5. The quantitative estimate of drug-likeness (QED) is 0.547. The first-order chi connectivity index (χ1) is 18.7. The van der Waals surface area contributed by atoms with Crippen LogP contribution in [0.1, 0.15) is 57.6 Å². The van der Waals surface area contributed by atoms with Crippen molar-refractivity contribution < 1.29 is 31.9 Å². The molecule has 1 unspecified atom stereocenters. The summed E-state index contributed by atoms with van der Waals surface area (Å²) in [5.74, 6) is -4.99. The van der Waals surface area contributed by atoms with E-state index in [0.29, 0.717) is 37.7 Å². The molecular formula is C28H33F4N5O3. The number of alkyl halides is 4. The largest absolute Gasteiger partial charge is 0.471 e. The van der Waals surface area contributed by atoms with Crippen molar-refractivity contribution in [3.8, 4) is 6.07 Å². The second kappa shape index (κ2) is 9.70. The van der Waals surface area contributed by atoms with Gasteiger partial charge >= 0.3 is 12.1 Å². The third kappa shape index (κ3) is 4.61. The lowest BCUT2D eigenvalue weighted by Gasteiger charge is -2.39. The lowest BCUT2D eigenvalue weighted by molar-refractivity contribution is -0.176. The van der Waals surface area contributed by atoms with Crippen molar-refractivity contribution in [3.63, 3.8) is 0 Å². The molecule has 0 spiro atoms. The minimum Gasteiger partial charge on any atom is -0.336 e. The van der Waals surface area contributed by atoms with E-state index < -0.39 is 64.9 Å². The SMILES string of the molecule is CC(C)(C)[C@H](NC(=O)C(F)(F)F)C(=O)N1C[C@@H]2[C@H]3C[C@@H]([C@@H]2[C@H]1C(=O)NC1(C#N)CCCc2ccncc21)[C@H](F)C3. The average molecular weight is 564 g/mol. The summed E-state index contributed by atoms with van der Waals surface area (Å²) >= 11 is 0. The Kier molecular flexibility index (Phi) is 6.86. The molecule has 8 nitrogen and oxygen atoms in total. The van der Waals surface area contributed by atoms with Crippen LogP contribution >= 0.6 is 0 Å². The number of halogens is 4. The van der Waals surface area contributed by atoms with E-state index in [0.717, 1.165) is 5.56 Å². The number of nitriles is 1. The molecule has 1 saturated heterocycles. The predicted octanol–water partition coefficient (Wildman–Crippen LogP) is 3.17. The van der Waals surface area contributed by atoms with Crippen LogP contribution in [0.15, 0.2) is 18.5 Å². The van der Waals surface area contributed by atoms with Gasteiger partial charge in [-0.2, -0.15) is 18.4 Å². The van der Waals surface area contributed by atoms with Crippen LogP contribution in [-0.4, -0.2) is 58.6 Å². The third-order valence-electron chi connectivity index (χ3n) is 9.36. The molecule has 12 heteroatoms. The molecule has 8 atom stereocenters. The number of nitrogens with one attached hydrogen (secondary N) is 2. The Morgan fingerprint density at radius 3 is 2.58 bits per heavy atom. The molecule has 4 aliphatic rings. The van der Waals surface area contributed by atoms with Crippen LogP contribution in [0.3, 0.4) is 0 Å². The van der Waals surface area contributed by atoms with Gasteiger partial charge in [-0.1, -0.05) is 20.8 Å². The van der Waals surface area contributed by atoms with Crippen molar-refractivity contribution in [1.29, 1.82) is 5.26 Å². The molecule has 2 saturated carbocycles. The number of hydrogen-bond acceptors (Lipinski definition) is 5. The highest BCUT2D eigenvalue weighted by Gasteiger charge is 2.63. The van der Waals surface area contributed by atoms with Gasteiger partial charge in [-0.15, -0.1) is 0 Å². The Morgan fingerprint density at radius 1 is 1.20 bits per heavy atom. The Labute approximate surface area is 229 Å². The number of rotatable bonds is 4. The molecule has 1 aromatic heterocycles. The fourth-order valence-corrected chi connectivity index (χ4v) is 7.56. The molecule has 1 aliphatic heterocycles. The number of nitrogens with zero attached hydrogens (tertiary/aromatic N) is 3. The topological polar surface area (TPSA) is 115 Å². The predicted molar refractivity (Wildman–Crippen MR) is 134 cm³/mol. The lowest BCUT2D eigenvalue weighted by atomic mass is 9.75. The van der Waals surface area contributed by atoms with Crippen LogP contribution in [-0.2, 0) is 26.3 Å². The van der Waals surface area contributed by atoms with Gasteiger partial charge in [0.1, 0.15) is 18.3 Å². The van der Waals surface area contributed by atoms with E-state index in [4.69, 9.17) is 0 Å². The Morgan fingerprint density at radius 2 is 1.93 bits per heavy atom. The van der Waals surface area contributed by atoms with Gasteiger partial charge in [-0.3, -0.25) is 19.4 Å². The maximum atomic E-state index is 15.0. The van der Waals surface area contributed by atoms with Gasteiger partial charge in [-0.25, -0.2) is 4.39 Å². The van der Waals surface area contributed by atoms with Crippen molar-refractivity contribution in [1.82, 2.24) is 20.5 Å². The van der Waals surface area contributed by atoms with Gasteiger partial charge in [0.05, 0.1) is 6.07 Å². The molecule has 216 valence electrons. The molecule has 2 heterocycles. The number of likely N-dealkylation sites (tertiary alicyclic amines) is 1. The fraction of sp³-hybridized carbons (Fsp3) is 0.679. The number of carbonyl (C=O) groups excluding carboxylic acids is 3. The zero-order valence-corrected chi connectivity index (χ0v) is 22.6. The van der Waals surface area contributed by atoms with Crippen LogP contribution in [0.5, 0.6) is 0 Å². The Balaban J connectivity index is 1.50. The number of aryl methyl sites for hydroxylation is 1. The van der Waals surface area contributed by atoms with Gasteiger partial charge < -0.3 is 15.5 Å². The minimum absolute atomic E-state index is 0.0551. The Hall–Kier alpha value is -3.23. The summed E-state index contributed by atoms with van der Waals surface area (Å²) in [5.41, 5.74) is -1.11. The first-order valence-corrected chi connectivity index (χ1v) is 13.7. The van der Waals surface area contributed by atoms with Crippen LogP contribution < -0.4 is 10.6 Å². The Bertz CT molecular complexity index is 1260. The maximum absolute atomic E-state index is 15.0. The maximum Gasteiger partial charge on any atom is 0.471 e. The van der Waals surface area contributed by atoms with E-state index in [1.807, 2.05) is 5.32 Å². The molecule has 2 bridgehead atoms. The zero-order valence-electron chi connectivity index (χ0n) is 22.6. The molecule has 2 N–H and O–H groups in total. The van der Waals surface area contributed by atoms with Crippen LogP contribution in [0, 0.1) is 40.4 Å². The molecule has 0 aromatic carbocycles. The second-order valence-corrected chi connectivity index (χ2v) is 12.8. The standard InChI is InChI=1S/C28H33F4N5O3/c1-26(2,3)22(35-25(40)28(30,31)32)24(39)37-12-17-15-9-16(19(29)10-15)20(17)21(37)23(38)36-27(13-33)7-4-5-14-6-8-34-11-18(14)27/h6,8,11,15-17,19-22H,4-5,7,9-10,12H2,1-3H3,(H,35,40)(H,36,38)/t15-,16+,17+,19+,20-,21-,22+,27?/m0/s1. The molecule has 40 heavy (non-hydrogen) atoms. The van der Waals surface area contributed by atoms with E-state index >= 15 is 0 Å². The van der Waals surface area contributed by atoms with Gasteiger partial charge in [-0.05, 0) is 72.8 Å². The number of pyridine rings is 1. The van der Waals surface area contributed by atoms with E-state index in [1.165, 1.54) is 31.9 Å². The zero-order chi connectivity index (χ0) is 29.2. The number of fused-ring (bicyclic) bond motifs is 6. The van der Waals surface area contributed by atoms with E-state index in [9.17, 15) is 37.2 Å². The second-order valence-electron chi connectivity index (χ2n) is 12.8. The number of carbonyl (C=O) groups is 3. The smallest absolute Gasteiger partial charge is 0.336 e. The highest BCUT2D eigenvalue weighted by Crippen LogP contribution is 2.58. The lowest BCUT2D eigenvalue weighted by Crippen LogP contribution is -2.61. The summed E-state index contributed by atoms with van der Waals surface area (Å²) in [6.07, 6.45) is -0.680. The van der Waals surface area contributed by atoms with Gasteiger partial charge in [0.2, 0.25) is 11.8 Å². The van der Waals surface area contributed by atoms with Crippen LogP contribution in [0.25, 0.3) is 0 Å². The summed E-state index contributed by atoms with van der Waals surface area (Å²) in [4.78, 5) is 45.3. The summed E-state index contributed by atoms with van der Waals surface area (Å²) in [7, 11) is 0. The fourth-order valence-electron chi connectivity index (χ4n) is 7.56. The summed E-state index contributed by atoms with van der Waals surface area (Å²) in [6, 6.07) is 1.25. The number of hydrogen-bond donors (Lipinski definition) is 2. The van der Waals surface area contributed by atoms with Crippen molar-refractivity contribution in [3.05, 3.63) is 29.6 Å². The summed E-state index contributed by atoms with van der Waals surface area (Å²) in [6.45, 7) is 4.64. The molecular weight excluding hydrogens is 530 g/mol. The van der Waals surface area contributed by atoms with E-state index in [-0.39, 0.29) is 18.4 Å². The molecule has 3 fully saturated rings. The van der Waals surface area contributed by atoms with Crippen LogP contribution in [0.2, 0.25) is 0 Å². The van der Waals surface area contributed by atoms with Crippen molar-refractivity contribution in [2.24, 2.45) is 29.1 Å². The highest BCUT2D eigenvalue weighted by atomic mass is 19.4. The van der Waals surface area contributed by atoms with Gasteiger partial charge in [0.25, 0.3) is 0 Å². The highest BCUT2D eigenvalue weighted by molar-refractivity contribution is 5.94. The van der Waals surface area contributed by atoms with Crippen molar-refractivity contribution in [2.45, 2.75) is 82.8 Å². The first kappa shape index (κ1) is 28.3. The van der Waals surface area contributed by atoms with Crippen LogP contribution in [0.4, 0.5) is 17.6 Å². The molecule has 1 aromatic rings. The van der Waals surface area contributed by atoms with Crippen molar-refractivity contribution >= 4 is 17.7 Å². The molecule has 3 aliphatic carbocycles. The van der Waals surface area contributed by atoms with E-state index in [1.54, 1.807) is 12.3 Å².